The molecule has 0 aliphatic rings. The van der Waals surface area contributed by atoms with Crippen LogP contribution in [0.3, 0.4) is 0 Å². The fraction of sp³-hybridized carbons (Fsp3) is 0.533. The Bertz CT molecular complexity index is 609. The Morgan fingerprint density at radius 1 is 1.08 bits per heavy atom. The first-order valence-electron chi connectivity index (χ1n) is 7.25. The quantitative estimate of drug-likeness (QED) is 0.421. The number of hydrogen-bond acceptors (Lipinski definition) is 6. The molecule has 10 heteroatoms. The van der Waals surface area contributed by atoms with Crippen molar-refractivity contribution in [2.45, 2.75) is 41.4 Å². The van der Waals surface area contributed by atoms with Crippen molar-refractivity contribution < 1.29 is 25.2 Å². The molecule has 1 rings (SSSR count). The first kappa shape index (κ1) is 22.8. The molecule has 0 heterocycles. The van der Waals surface area contributed by atoms with Crippen LogP contribution in [0.4, 0.5) is 10.5 Å². The van der Waals surface area contributed by atoms with Gasteiger partial charge in [-0.2, -0.15) is 0 Å². The molecule has 0 spiro atoms. The number of carbonyl (C=O) groups excluding carboxylic acids is 1. The molecule has 142 valence electrons. The van der Waals surface area contributed by atoms with E-state index in [4.69, 9.17) is 34.8 Å². The Morgan fingerprint density at radius 3 is 2.04 bits per heavy atom. The molecule has 1 amide bonds. The normalized spacial score (nSPS) is 14.7. The third-order valence-electron chi connectivity index (χ3n) is 3.80. The molecule has 0 radical (unpaired) electrons. The van der Waals surface area contributed by atoms with Crippen molar-refractivity contribution >= 4 is 57.5 Å². The van der Waals surface area contributed by atoms with E-state index in [0.29, 0.717) is 28.6 Å². The van der Waals surface area contributed by atoms with E-state index in [-0.39, 0.29) is 0 Å². The molecular weight excluding hydrogens is 413 g/mol. The Morgan fingerprint density at radius 2 is 1.60 bits per heavy atom. The molecule has 0 saturated carbocycles. The lowest BCUT2D eigenvalue weighted by molar-refractivity contribution is -0.0619. The Labute approximate surface area is 165 Å². The molecule has 2 unspecified atom stereocenters. The Balaban J connectivity index is 3.44. The summed E-state index contributed by atoms with van der Waals surface area (Å²) in [6.07, 6.45) is -3.37. The predicted octanol–water partition coefficient (Wildman–Crippen LogP) is 3.13. The second-order valence-electron chi connectivity index (χ2n) is 5.56. The van der Waals surface area contributed by atoms with Crippen molar-refractivity contribution in [3.63, 3.8) is 0 Å². The number of benzene rings is 1. The van der Waals surface area contributed by atoms with Gasteiger partial charge in [-0.05, 0) is 29.0 Å². The van der Waals surface area contributed by atoms with Gasteiger partial charge < -0.3 is 25.3 Å². The van der Waals surface area contributed by atoms with Gasteiger partial charge in [-0.15, -0.1) is 0 Å². The zero-order valence-electron chi connectivity index (χ0n) is 13.7. The van der Waals surface area contributed by atoms with Crippen molar-refractivity contribution in [2.75, 3.05) is 11.9 Å². The smallest absolute Gasteiger partial charge is 0.289 e. The number of amides is 1. The zero-order chi connectivity index (χ0) is 19.5. The van der Waals surface area contributed by atoms with Crippen LogP contribution >= 0.6 is 46.6 Å². The summed E-state index contributed by atoms with van der Waals surface area (Å²) in [5.41, 5.74) is 1.20. The van der Waals surface area contributed by atoms with Gasteiger partial charge in [-0.25, -0.2) is 0 Å². The summed E-state index contributed by atoms with van der Waals surface area (Å²) in [5.74, 6) is -1.53. The fourth-order valence-electron chi connectivity index (χ4n) is 2.33. The molecule has 6 nitrogen and oxygen atoms in total. The summed E-state index contributed by atoms with van der Waals surface area (Å²) in [7, 11) is 1.45. The van der Waals surface area contributed by atoms with Crippen LogP contribution in [0.5, 0.6) is 0 Å². The van der Waals surface area contributed by atoms with Crippen molar-refractivity contribution in [1.29, 1.82) is 0 Å². The van der Waals surface area contributed by atoms with E-state index in [2.05, 4.69) is 0 Å². The molecule has 2 atom stereocenters. The molecule has 0 bridgehead atoms. The molecule has 0 fully saturated rings. The largest absolute Gasteiger partial charge is 0.368 e. The lowest BCUT2D eigenvalue weighted by Gasteiger charge is -2.29. The minimum Gasteiger partial charge on any atom is -0.368 e. The van der Waals surface area contributed by atoms with E-state index in [1.807, 2.05) is 0 Å². The summed E-state index contributed by atoms with van der Waals surface area (Å²) < 4.78 is -1.85. The van der Waals surface area contributed by atoms with Crippen molar-refractivity contribution in [2.24, 2.45) is 0 Å². The second-order valence-corrected chi connectivity index (χ2v) is 9.68. The van der Waals surface area contributed by atoms with E-state index >= 15 is 0 Å². The second kappa shape index (κ2) is 9.10. The first-order valence-corrected chi connectivity index (χ1v) is 9.20. The van der Waals surface area contributed by atoms with E-state index in [1.54, 1.807) is 32.0 Å². The molecule has 0 saturated heterocycles. The lowest BCUT2D eigenvalue weighted by Crippen LogP contribution is -2.28. The minimum atomic E-state index is -1.85. The molecule has 1 aromatic rings. The summed E-state index contributed by atoms with van der Waals surface area (Å²) in [5, 5.41) is 37.7. The van der Waals surface area contributed by atoms with Gasteiger partial charge in [0, 0.05) is 24.6 Å². The Kier molecular flexibility index (Phi) is 8.30. The third-order valence-corrected chi connectivity index (χ3v) is 5.17. The van der Waals surface area contributed by atoms with E-state index in [0.717, 1.165) is 0 Å². The van der Waals surface area contributed by atoms with Crippen LogP contribution in [0.2, 0.25) is 0 Å². The third kappa shape index (κ3) is 6.15. The van der Waals surface area contributed by atoms with Crippen LogP contribution in [-0.2, 0) is 0 Å². The maximum Gasteiger partial charge on any atom is 0.289 e. The maximum atomic E-state index is 12.3. The van der Waals surface area contributed by atoms with Crippen LogP contribution in [0, 0.1) is 0 Å². The van der Waals surface area contributed by atoms with Crippen LogP contribution in [0.15, 0.2) is 18.2 Å². The van der Waals surface area contributed by atoms with Crippen molar-refractivity contribution in [3.8, 4) is 0 Å². The lowest BCUT2D eigenvalue weighted by atomic mass is 9.86. The fourth-order valence-corrected chi connectivity index (χ4v) is 3.36. The van der Waals surface area contributed by atoms with Gasteiger partial charge in [0.1, 0.15) is 0 Å². The highest BCUT2D eigenvalue weighted by Gasteiger charge is 2.31. The van der Waals surface area contributed by atoms with Gasteiger partial charge >= 0.3 is 0 Å². The SMILES string of the molecule is CC(c1cccc(N(C)C(=O)SC(Cl)(Cl)Cl)c1C(C)C(O)O)C(O)O. The molecular formula is C15H20Cl3NO5S. The number of rotatable bonds is 5. The summed E-state index contributed by atoms with van der Waals surface area (Å²) in [4.78, 5) is 13.5. The van der Waals surface area contributed by atoms with Gasteiger partial charge in [0.2, 0.25) is 3.12 Å². The van der Waals surface area contributed by atoms with Crippen molar-refractivity contribution in [3.05, 3.63) is 29.3 Å². The van der Waals surface area contributed by atoms with E-state index < -0.39 is 32.8 Å². The molecule has 4 N–H and O–H groups in total. The summed E-state index contributed by atoms with van der Waals surface area (Å²) in [6, 6.07) is 4.83. The van der Waals surface area contributed by atoms with Gasteiger partial charge in [0.25, 0.3) is 5.24 Å². The summed E-state index contributed by atoms with van der Waals surface area (Å²) in [6.45, 7) is 3.12. The number of nitrogens with zero attached hydrogens (tertiary/aromatic N) is 1. The van der Waals surface area contributed by atoms with Crippen LogP contribution in [-0.4, -0.2) is 48.4 Å². The number of alkyl halides is 3. The molecule has 25 heavy (non-hydrogen) atoms. The minimum absolute atomic E-state index is 0.345. The number of carbonyl (C=O) groups is 1. The van der Waals surface area contributed by atoms with Gasteiger partial charge in [0.05, 0.1) is 0 Å². The van der Waals surface area contributed by atoms with Crippen LogP contribution in [0.1, 0.15) is 36.8 Å². The highest BCUT2D eigenvalue weighted by atomic mass is 35.6. The zero-order valence-corrected chi connectivity index (χ0v) is 16.8. The molecule has 1 aromatic carbocycles. The number of aliphatic hydroxyl groups excluding tert-OH is 2. The number of aliphatic hydroxyl groups is 4. The number of thioether (sulfide) groups is 1. The number of halogens is 3. The summed E-state index contributed by atoms with van der Waals surface area (Å²) >= 11 is 17.4. The van der Waals surface area contributed by atoms with Gasteiger partial charge in [0.15, 0.2) is 12.6 Å². The molecule has 0 aromatic heterocycles. The number of anilines is 1. The topological polar surface area (TPSA) is 101 Å². The Hall–Kier alpha value is -0.250. The van der Waals surface area contributed by atoms with Gasteiger partial charge in [-0.1, -0.05) is 60.8 Å². The maximum absolute atomic E-state index is 12.3. The van der Waals surface area contributed by atoms with E-state index in [9.17, 15) is 25.2 Å². The first-order chi connectivity index (χ1) is 11.4. The highest BCUT2D eigenvalue weighted by molar-refractivity contribution is 8.18. The standard InChI is InChI=1S/C15H20Cl3NO5S/c1-7(12(20)21)9-5-4-6-10(11(9)8(2)13(22)23)19(3)14(24)25-15(16,17)18/h4-8,12-13,20-23H,1-3H3. The van der Waals surface area contributed by atoms with Crippen LogP contribution < -0.4 is 4.90 Å². The van der Waals surface area contributed by atoms with Crippen molar-refractivity contribution in [1.82, 2.24) is 0 Å². The highest BCUT2D eigenvalue weighted by Crippen LogP contribution is 2.42. The molecule has 0 aliphatic carbocycles. The average Bonchev–Trinajstić information content (AvgIpc) is 2.49. The average molecular weight is 433 g/mol. The van der Waals surface area contributed by atoms with Crippen LogP contribution in [0.25, 0.3) is 0 Å². The van der Waals surface area contributed by atoms with E-state index in [1.165, 1.54) is 11.9 Å². The monoisotopic (exact) mass is 431 g/mol. The molecule has 0 aliphatic heterocycles. The number of hydrogen-bond donors (Lipinski definition) is 4. The predicted molar refractivity (Wildman–Crippen MR) is 101 cm³/mol. The van der Waals surface area contributed by atoms with Gasteiger partial charge in [-0.3, -0.25) is 4.79 Å².